The van der Waals surface area contributed by atoms with Crippen LogP contribution in [0.5, 0.6) is 5.75 Å². The molecule has 2 aromatic rings. The Balaban J connectivity index is 0.000000840. The van der Waals surface area contributed by atoms with E-state index in [4.69, 9.17) is 29.3 Å². The molecule has 0 bridgehead atoms. The van der Waals surface area contributed by atoms with Crippen LogP contribution in [0, 0.1) is 0 Å². The predicted octanol–water partition coefficient (Wildman–Crippen LogP) is 0.968. The molecule has 1 unspecified atom stereocenters. The van der Waals surface area contributed by atoms with E-state index in [9.17, 15) is 23.1 Å². The van der Waals surface area contributed by atoms with Gasteiger partial charge in [-0.2, -0.15) is 4.31 Å². The molecular formula is C26H32N2O11S. The number of aliphatic hydroxyl groups is 1. The summed E-state index contributed by atoms with van der Waals surface area (Å²) in [7, 11) is -3.69. The van der Waals surface area contributed by atoms with E-state index in [0.717, 1.165) is 0 Å². The van der Waals surface area contributed by atoms with Crippen molar-refractivity contribution in [3.8, 4) is 5.75 Å². The number of sulfonamides is 1. The van der Waals surface area contributed by atoms with E-state index < -0.39 is 34.0 Å². The Hall–Kier alpha value is -3.85. The molecule has 40 heavy (non-hydrogen) atoms. The van der Waals surface area contributed by atoms with Gasteiger partial charge in [0.1, 0.15) is 18.5 Å². The van der Waals surface area contributed by atoms with E-state index in [1.54, 1.807) is 31.2 Å². The van der Waals surface area contributed by atoms with Crippen molar-refractivity contribution in [2.75, 3.05) is 45.9 Å². The van der Waals surface area contributed by atoms with Gasteiger partial charge in [-0.05, 0) is 50.2 Å². The highest BCUT2D eigenvalue weighted by atomic mass is 32.2. The van der Waals surface area contributed by atoms with Gasteiger partial charge >= 0.3 is 17.9 Å². The van der Waals surface area contributed by atoms with Crippen molar-refractivity contribution in [2.45, 2.75) is 24.8 Å². The van der Waals surface area contributed by atoms with Crippen LogP contribution in [0.3, 0.4) is 0 Å². The monoisotopic (exact) mass is 580 g/mol. The molecule has 1 aliphatic heterocycles. The van der Waals surface area contributed by atoms with Crippen LogP contribution in [0.15, 0.2) is 53.4 Å². The van der Waals surface area contributed by atoms with Crippen molar-refractivity contribution < 1.29 is 52.4 Å². The summed E-state index contributed by atoms with van der Waals surface area (Å²) in [5.41, 5.74) is 0.842. The standard InChI is InChI=1S/C24H30N2O7S.C2H2O4/c1-3-32-24(29)19-7-9-23(10-8-19)34(30,31)26-13-11-25(12-14-26)16-21(28)17-33-22-6-4-5-20(15-22)18(2)27;3-1(4)2(5)6/h4-10,15,21,28H,3,11-14,16-17H2,1-2H3;(H,3,4)(H,5,6). The minimum Gasteiger partial charge on any atom is -0.491 e. The van der Waals surface area contributed by atoms with E-state index in [0.29, 0.717) is 36.5 Å². The molecule has 3 rings (SSSR count). The number of esters is 1. The summed E-state index contributed by atoms with van der Waals surface area (Å²) in [6.07, 6.45) is -0.764. The molecule has 1 saturated heterocycles. The number of ether oxygens (including phenoxy) is 2. The number of carboxylic acids is 2. The van der Waals surface area contributed by atoms with Gasteiger partial charge in [-0.15, -0.1) is 0 Å². The molecule has 1 heterocycles. The second-order valence-corrected chi connectivity index (χ2v) is 10.5. The van der Waals surface area contributed by atoms with Gasteiger partial charge in [-0.25, -0.2) is 22.8 Å². The maximum atomic E-state index is 13.0. The number of aliphatic carboxylic acids is 2. The number of nitrogens with zero attached hydrogens (tertiary/aromatic N) is 2. The van der Waals surface area contributed by atoms with Gasteiger partial charge in [-0.1, -0.05) is 12.1 Å². The molecule has 1 atom stereocenters. The van der Waals surface area contributed by atoms with E-state index in [1.165, 1.54) is 35.5 Å². The molecule has 2 aromatic carbocycles. The molecule has 14 heteroatoms. The first-order valence-corrected chi connectivity index (χ1v) is 13.7. The summed E-state index contributed by atoms with van der Waals surface area (Å²) >= 11 is 0. The lowest BCUT2D eigenvalue weighted by atomic mass is 10.1. The van der Waals surface area contributed by atoms with Crippen LogP contribution in [0.4, 0.5) is 0 Å². The van der Waals surface area contributed by atoms with Crippen molar-refractivity contribution in [2.24, 2.45) is 0 Å². The topological polar surface area (TPSA) is 188 Å². The summed E-state index contributed by atoms with van der Waals surface area (Å²) in [6, 6.07) is 12.5. The average Bonchev–Trinajstić information content (AvgIpc) is 2.93. The number of piperazine rings is 1. The molecular weight excluding hydrogens is 548 g/mol. The van der Waals surface area contributed by atoms with Crippen molar-refractivity contribution >= 4 is 33.7 Å². The lowest BCUT2D eigenvalue weighted by molar-refractivity contribution is -0.159. The molecule has 0 saturated carbocycles. The van der Waals surface area contributed by atoms with Crippen molar-refractivity contribution in [1.29, 1.82) is 0 Å². The van der Waals surface area contributed by atoms with E-state index in [2.05, 4.69) is 0 Å². The summed E-state index contributed by atoms with van der Waals surface area (Å²) in [4.78, 5) is 43.5. The number of Topliss-reactive ketones (excluding diaryl/α,β-unsaturated/α-hetero) is 1. The molecule has 0 radical (unpaired) electrons. The van der Waals surface area contributed by atoms with Crippen molar-refractivity contribution in [3.63, 3.8) is 0 Å². The zero-order chi connectivity index (χ0) is 29.9. The first kappa shape index (κ1) is 32.4. The minimum absolute atomic E-state index is 0.0613. The van der Waals surface area contributed by atoms with Gasteiger partial charge < -0.3 is 24.8 Å². The number of benzene rings is 2. The van der Waals surface area contributed by atoms with E-state index >= 15 is 0 Å². The summed E-state index contributed by atoms with van der Waals surface area (Å²) in [5, 5.41) is 25.1. The SMILES string of the molecule is CCOC(=O)c1ccc(S(=O)(=O)N2CCN(CC(O)COc3cccc(C(C)=O)c3)CC2)cc1.O=C(O)C(=O)O. The maximum Gasteiger partial charge on any atom is 0.414 e. The van der Waals surface area contributed by atoms with Gasteiger partial charge in [0.15, 0.2) is 5.78 Å². The third-order valence-corrected chi connectivity index (χ3v) is 7.58. The number of hydrogen-bond acceptors (Lipinski definition) is 10. The summed E-state index contributed by atoms with van der Waals surface area (Å²) in [6.45, 7) is 5.35. The normalized spacial score (nSPS) is 14.8. The highest BCUT2D eigenvalue weighted by molar-refractivity contribution is 7.89. The molecule has 0 aromatic heterocycles. The fraction of sp³-hybridized carbons (Fsp3) is 0.385. The lowest BCUT2D eigenvalue weighted by Gasteiger charge is -2.34. The fourth-order valence-electron chi connectivity index (χ4n) is 3.63. The second kappa shape index (κ2) is 15.1. The number of hydrogen-bond donors (Lipinski definition) is 3. The zero-order valence-corrected chi connectivity index (χ0v) is 22.9. The Bertz CT molecular complexity index is 1280. The molecule has 218 valence electrons. The first-order chi connectivity index (χ1) is 18.8. The minimum atomic E-state index is -3.69. The smallest absolute Gasteiger partial charge is 0.414 e. The summed E-state index contributed by atoms with van der Waals surface area (Å²) in [5.74, 6) is -3.69. The molecule has 13 nitrogen and oxygen atoms in total. The Morgan fingerprint density at radius 2 is 1.52 bits per heavy atom. The number of ketones is 1. The average molecular weight is 581 g/mol. The fourth-order valence-corrected chi connectivity index (χ4v) is 5.05. The lowest BCUT2D eigenvalue weighted by Crippen LogP contribution is -2.50. The molecule has 1 aliphatic rings. The quantitative estimate of drug-likeness (QED) is 0.206. The second-order valence-electron chi connectivity index (χ2n) is 8.61. The summed E-state index contributed by atoms with van der Waals surface area (Å²) < 4.78 is 37.8. The molecule has 0 amide bonds. The van der Waals surface area contributed by atoms with E-state index in [1.807, 2.05) is 4.90 Å². The highest BCUT2D eigenvalue weighted by Crippen LogP contribution is 2.19. The van der Waals surface area contributed by atoms with Crippen LogP contribution in [-0.4, -0.2) is 109 Å². The Labute approximate surface area is 231 Å². The van der Waals surface area contributed by atoms with Crippen molar-refractivity contribution in [3.05, 3.63) is 59.7 Å². The van der Waals surface area contributed by atoms with Gasteiger partial charge in [0.2, 0.25) is 10.0 Å². The zero-order valence-electron chi connectivity index (χ0n) is 22.1. The third-order valence-electron chi connectivity index (χ3n) is 5.67. The number of carboxylic acid groups (broad SMARTS) is 2. The molecule has 3 N–H and O–H groups in total. The first-order valence-electron chi connectivity index (χ1n) is 12.2. The van der Waals surface area contributed by atoms with Crippen LogP contribution in [0.1, 0.15) is 34.6 Å². The van der Waals surface area contributed by atoms with Crippen LogP contribution in [0.25, 0.3) is 0 Å². The number of carbonyl (C=O) groups excluding carboxylic acids is 2. The third kappa shape index (κ3) is 9.72. The van der Waals surface area contributed by atoms with Crippen LogP contribution >= 0.6 is 0 Å². The van der Waals surface area contributed by atoms with Gasteiger partial charge in [0.25, 0.3) is 0 Å². The number of carbonyl (C=O) groups is 4. The Kier molecular flexibility index (Phi) is 12.2. The van der Waals surface area contributed by atoms with Crippen LogP contribution < -0.4 is 4.74 Å². The highest BCUT2D eigenvalue weighted by Gasteiger charge is 2.29. The van der Waals surface area contributed by atoms with Gasteiger partial charge in [0, 0.05) is 38.3 Å². The van der Waals surface area contributed by atoms with E-state index in [-0.39, 0.29) is 37.0 Å². The number of β-amino-alcohol motifs (C(OH)–C–C–N with tert-alkyl or cyclic N) is 1. The Morgan fingerprint density at radius 3 is 2.05 bits per heavy atom. The molecule has 0 aliphatic carbocycles. The van der Waals surface area contributed by atoms with Gasteiger partial charge in [0.05, 0.1) is 17.1 Å². The molecule has 1 fully saturated rings. The van der Waals surface area contributed by atoms with Crippen LogP contribution in [-0.2, 0) is 24.3 Å². The van der Waals surface area contributed by atoms with Crippen LogP contribution in [0.2, 0.25) is 0 Å². The van der Waals surface area contributed by atoms with Gasteiger partial charge in [-0.3, -0.25) is 9.69 Å². The van der Waals surface area contributed by atoms with Crippen molar-refractivity contribution in [1.82, 2.24) is 9.21 Å². The predicted molar refractivity (Wildman–Crippen MR) is 141 cm³/mol. The largest absolute Gasteiger partial charge is 0.491 e. The maximum absolute atomic E-state index is 13.0. The Morgan fingerprint density at radius 1 is 0.925 bits per heavy atom. The molecule has 0 spiro atoms. The number of aliphatic hydroxyl groups excluding tert-OH is 1. The number of rotatable bonds is 10.